The van der Waals surface area contributed by atoms with Gasteiger partial charge in [-0.25, -0.2) is 9.97 Å². The van der Waals surface area contributed by atoms with Crippen LogP contribution < -0.4 is 10.6 Å². The molecule has 2 aromatic rings. The molecule has 0 amide bonds. The Hall–Kier alpha value is -1.94. The number of aryl methyl sites for hydroxylation is 1. The van der Waals surface area contributed by atoms with E-state index in [4.69, 9.17) is 0 Å². The number of nitrogens with zero attached hydrogens (tertiary/aromatic N) is 2. The van der Waals surface area contributed by atoms with Crippen molar-refractivity contribution in [2.75, 3.05) is 18.4 Å². The third kappa shape index (κ3) is 2.96. The van der Waals surface area contributed by atoms with Gasteiger partial charge in [0.15, 0.2) is 0 Å². The summed E-state index contributed by atoms with van der Waals surface area (Å²) in [5.41, 5.74) is 3.61. The number of anilines is 1. The lowest BCUT2D eigenvalue weighted by Gasteiger charge is -2.27. The predicted octanol–water partition coefficient (Wildman–Crippen LogP) is 2.48. The van der Waals surface area contributed by atoms with Crippen LogP contribution in [0.2, 0.25) is 0 Å². The SMILES string of the molecule is CCCc1ccc(-c2cnc(NC3CNC3)nc2)cc1. The van der Waals surface area contributed by atoms with E-state index in [1.807, 2.05) is 12.4 Å². The van der Waals surface area contributed by atoms with Gasteiger partial charge in [-0.05, 0) is 17.5 Å². The Kier molecular flexibility index (Phi) is 3.92. The van der Waals surface area contributed by atoms with Gasteiger partial charge >= 0.3 is 0 Å². The van der Waals surface area contributed by atoms with Crippen molar-refractivity contribution in [3.63, 3.8) is 0 Å². The summed E-state index contributed by atoms with van der Waals surface area (Å²) >= 11 is 0. The smallest absolute Gasteiger partial charge is 0.222 e. The fraction of sp³-hybridized carbons (Fsp3) is 0.375. The standard InChI is InChI=1S/C16H20N4/c1-2-3-12-4-6-13(7-5-12)14-8-18-16(19-9-14)20-15-10-17-11-15/h4-9,15,17H,2-3,10-11H2,1H3,(H,18,19,20). The van der Waals surface area contributed by atoms with Crippen molar-refractivity contribution in [3.8, 4) is 11.1 Å². The van der Waals surface area contributed by atoms with Gasteiger partial charge in [0.2, 0.25) is 5.95 Å². The first-order chi connectivity index (χ1) is 9.85. The Morgan fingerprint density at radius 1 is 1.10 bits per heavy atom. The van der Waals surface area contributed by atoms with Crippen LogP contribution in [0.5, 0.6) is 0 Å². The number of aromatic nitrogens is 2. The maximum Gasteiger partial charge on any atom is 0.222 e. The van der Waals surface area contributed by atoms with Crippen LogP contribution in [0.15, 0.2) is 36.7 Å². The van der Waals surface area contributed by atoms with Crippen molar-refractivity contribution >= 4 is 5.95 Å². The minimum atomic E-state index is 0.467. The molecule has 1 aliphatic rings. The molecule has 1 fully saturated rings. The van der Waals surface area contributed by atoms with E-state index in [0.29, 0.717) is 12.0 Å². The second kappa shape index (κ2) is 6.01. The van der Waals surface area contributed by atoms with Crippen LogP contribution in [-0.2, 0) is 6.42 Å². The van der Waals surface area contributed by atoms with E-state index in [9.17, 15) is 0 Å². The van der Waals surface area contributed by atoms with Crippen LogP contribution in [0, 0.1) is 0 Å². The minimum absolute atomic E-state index is 0.467. The summed E-state index contributed by atoms with van der Waals surface area (Å²) in [6, 6.07) is 9.13. The summed E-state index contributed by atoms with van der Waals surface area (Å²) in [6.07, 6.45) is 6.08. The minimum Gasteiger partial charge on any atom is -0.349 e. The molecule has 1 aliphatic heterocycles. The highest BCUT2D eigenvalue weighted by Gasteiger charge is 2.16. The van der Waals surface area contributed by atoms with Gasteiger partial charge in [0, 0.05) is 31.0 Å². The topological polar surface area (TPSA) is 49.8 Å². The molecule has 2 heterocycles. The van der Waals surface area contributed by atoms with Crippen LogP contribution in [0.4, 0.5) is 5.95 Å². The Labute approximate surface area is 119 Å². The Morgan fingerprint density at radius 2 is 1.80 bits per heavy atom. The summed E-state index contributed by atoms with van der Waals surface area (Å²) in [5.74, 6) is 0.711. The Bertz CT molecular complexity index is 544. The molecule has 4 heteroatoms. The largest absolute Gasteiger partial charge is 0.349 e. The lowest BCUT2D eigenvalue weighted by molar-refractivity contribution is 0.470. The van der Waals surface area contributed by atoms with Crippen molar-refractivity contribution in [2.24, 2.45) is 0 Å². The zero-order chi connectivity index (χ0) is 13.8. The lowest BCUT2D eigenvalue weighted by atomic mass is 10.0. The van der Waals surface area contributed by atoms with E-state index < -0.39 is 0 Å². The molecule has 0 unspecified atom stereocenters. The second-order valence-electron chi connectivity index (χ2n) is 5.24. The second-order valence-corrected chi connectivity index (χ2v) is 5.24. The summed E-state index contributed by atoms with van der Waals surface area (Å²) in [7, 11) is 0. The summed E-state index contributed by atoms with van der Waals surface area (Å²) in [4.78, 5) is 8.77. The monoisotopic (exact) mass is 268 g/mol. The molecular weight excluding hydrogens is 248 g/mol. The third-order valence-corrected chi connectivity index (χ3v) is 3.59. The average molecular weight is 268 g/mol. The Balaban J connectivity index is 1.69. The molecule has 20 heavy (non-hydrogen) atoms. The average Bonchev–Trinajstić information content (AvgIpc) is 2.45. The normalized spacial score (nSPS) is 14.8. The highest BCUT2D eigenvalue weighted by Crippen LogP contribution is 2.19. The van der Waals surface area contributed by atoms with Gasteiger partial charge in [0.25, 0.3) is 0 Å². The molecule has 0 saturated carbocycles. The van der Waals surface area contributed by atoms with Crippen LogP contribution in [0.1, 0.15) is 18.9 Å². The summed E-state index contributed by atoms with van der Waals surface area (Å²) < 4.78 is 0. The first-order valence-electron chi connectivity index (χ1n) is 7.24. The van der Waals surface area contributed by atoms with Crippen molar-refractivity contribution in [3.05, 3.63) is 42.2 Å². The molecule has 2 N–H and O–H groups in total. The van der Waals surface area contributed by atoms with Crippen molar-refractivity contribution in [1.82, 2.24) is 15.3 Å². The van der Waals surface area contributed by atoms with Crippen LogP contribution in [0.3, 0.4) is 0 Å². The van der Waals surface area contributed by atoms with Gasteiger partial charge in [0.1, 0.15) is 0 Å². The van der Waals surface area contributed by atoms with Crippen LogP contribution >= 0.6 is 0 Å². The molecule has 1 aromatic carbocycles. The quantitative estimate of drug-likeness (QED) is 0.874. The van der Waals surface area contributed by atoms with Crippen molar-refractivity contribution in [2.45, 2.75) is 25.8 Å². The zero-order valence-corrected chi connectivity index (χ0v) is 11.8. The molecule has 4 nitrogen and oxygen atoms in total. The molecule has 0 spiro atoms. The summed E-state index contributed by atoms with van der Waals surface area (Å²) in [5, 5.41) is 6.51. The first kappa shape index (κ1) is 13.1. The van der Waals surface area contributed by atoms with Crippen molar-refractivity contribution in [1.29, 1.82) is 0 Å². The van der Waals surface area contributed by atoms with E-state index in [1.165, 1.54) is 17.5 Å². The number of rotatable bonds is 5. The van der Waals surface area contributed by atoms with Crippen molar-refractivity contribution < 1.29 is 0 Å². The number of nitrogens with one attached hydrogen (secondary N) is 2. The van der Waals surface area contributed by atoms with Gasteiger partial charge < -0.3 is 10.6 Å². The molecule has 1 aromatic heterocycles. The van der Waals surface area contributed by atoms with Gasteiger partial charge in [-0.1, -0.05) is 37.6 Å². The predicted molar refractivity (Wildman–Crippen MR) is 81.7 cm³/mol. The van der Waals surface area contributed by atoms with E-state index in [2.05, 4.69) is 51.8 Å². The van der Waals surface area contributed by atoms with E-state index >= 15 is 0 Å². The molecule has 0 bridgehead atoms. The molecule has 104 valence electrons. The molecule has 1 saturated heterocycles. The van der Waals surface area contributed by atoms with Gasteiger partial charge in [-0.3, -0.25) is 0 Å². The third-order valence-electron chi connectivity index (χ3n) is 3.59. The molecule has 3 rings (SSSR count). The highest BCUT2D eigenvalue weighted by atomic mass is 15.2. The molecular formula is C16H20N4. The zero-order valence-electron chi connectivity index (χ0n) is 11.8. The Morgan fingerprint density at radius 3 is 2.35 bits per heavy atom. The number of hydrogen-bond donors (Lipinski definition) is 2. The van der Waals surface area contributed by atoms with Crippen LogP contribution in [-0.4, -0.2) is 29.1 Å². The number of benzene rings is 1. The van der Waals surface area contributed by atoms with Crippen LogP contribution in [0.25, 0.3) is 11.1 Å². The molecule has 0 aliphatic carbocycles. The van der Waals surface area contributed by atoms with E-state index in [0.717, 1.165) is 25.1 Å². The van der Waals surface area contributed by atoms with Gasteiger partial charge in [-0.2, -0.15) is 0 Å². The first-order valence-corrected chi connectivity index (χ1v) is 7.24. The lowest BCUT2D eigenvalue weighted by Crippen LogP contribution is -2.51. The van der Waals surface area contributed by atoms with E-state index in [1.54, 1.807) is 0 Å². The van der Waals surface area contributed by atoms with Gasteiger partial charge in [0.05, 0.1) is 6.04 Å². The number of hydrogen-bond acceptors (Lipinski definition) is 4. The fourth-order valence-electron chi connectivity index (χ4n) is 2.28. The van der Waals surface area contributed by atoms with E-state index in [-0.39, 0.29) is 0 Å². The highest BCUT2D eigenvalue weighted by molar-refractivity contribution is 5.62. The maximum atomic E-state index is 4.39. The summed E-state index contributed by atoms with van der Waals surface area (Å²) in [6.45, 7) is 4.18. The molecule has 0 atom stereocenters. The fourth-order valence-corrected chi connectivity index (χ4v) is 2.28. The van der Waals surface area contributed by atoms with Gasteiger partial charge in [-0.15, -0.1) is 0 Å². The maximum absolute atomic E-state index is 4.39. The molecule has 0 radical (unpaired) electrons.